The quantitative estimate of drug-likeness (QED) is 0.571. The van der Waals surface area contributed by atoms with Gasteiger partial charge in [0.2, 0.25) is 0 Å². The second-order valence-corrected chi connectivity index (χ2v) is 7.45. The third kappa shape index (κ3) is 5.51. The molecule has 2 aromatic rings. The van der Waals surface area contributed by atoms with Crippen molar-refractivity contribution in [2.75, 3.05) is 11.1 Å². The van der Waals surface area contributed by atoms with Crippen molar-refractivity contribution >= 4 is 40.9 Å². The third-order valence-corrected chi connectivity index (χ3v) is 5.09. The molecule has 8 heteroatoms. The number of benzene rings is 1. The molecular formula is C18H22ClN3O3S. The number of hydrogen-bond acceptors (Lipinski definition) is 5. The Labute approximate surface area is 162 Å². The fourth-order valence-electron chi connectivity index (χ4n) is 2.27. The zero-order chi connectivity index (χ0) is 19.3. The molecule has 0 aliphatic heterocycles. The minimum atomic E-state index is -0.873. The molecule has 0 fully saturated rings. The van der Waals surface area contributed by atoms with E-state index in [0.717, 1.165) is 16.3 Å². The van der Waals surface area contributed by atoms with E-state index < -0.39 is 12.1 Å². The van der Waals surface area contributed by atoms with Gasteiger partial charge in [0.05, 0.1) is 23.5 Å². The zero-order valence-electron chi connectivity index (χ0n) is 15.2. The van der Waals surface area contributed by atoms with Crippen LogP contribution in [0.15, 0.2) is 29.2 Å². The summed E-state index contributed by atoms with van der Waals surface area (Å²) in [5.41, 5.74) is 2.21. The number of anilines is 1. The highest BCUT2D eigenvalue weighted by Gasteiger charge is 2.20. The zero-order valence-corrected chi connectivity index (χ0v) is 16.8. The van der Waals surface area contributed by atoms with E-state index in [1.54, 1.807) is 30.8 Å². The highest BCUT2D eigenvalue weighted by atomic mass is 35.5. The standard InChI is InChI=1S/C18H22ClN3O3S/c1-11-17(12(2)22(4)21-11)20-18(24)13(3)25-16(23)9-10-26-15-7-5-14(19)6-8-15/h5-8,13H,9-10H2,1-4H3,(H,20,24)/t13-/m1/s1. The molecule has 1 amide bonds. The molecule has 1 aromatic carbocycles. The number of nitrogens with one attached hydrogen (secondary N) is 1. The lowest BCUT2D eigenvalue weighted by Gasteiger charge is -2.13. The summed E-state index contributed by atoms with van der Waals surface area (Å²) in [4.78, 5) is 25.2. The minimum absolute atomic E-state index is 0.218. The first kappa shape index (κ1) is 20.3. The first-order valence-electron chi connectivity index (χ1n) is 8.17. The number of ether oxygens (including phenoxy) is 1. The lowest BCUT2D eigenvalue weighted by Crippen LogP contribution is -2.30. The molecular weight excluding hydrogens is 374 g/mol. The van der Waals surface area contributed by atoms with Crippen molar-refractivity contribution in [1.82, 2.24) is 9.78 Å². The lowest BCUT2D eigenvalue weighted by atomic mass is 10.3. The van der Waals surface area contributed by atoms with Crippen LogP contribution in [0.1, 0.15) is 24.7 Å². The van der Waals surface area contributed by atoms with Gasteiger partial charge in [-0.2, -0.15) is 5.10 Å². The van der Waals surface area contributed by atoms with E-state index in [-0.39, 0.29) is 12.3 Å². The topological polar surface area (TPSA) is 73.2 Å². The van der Waals surface area contributed by atoms with Gasteiger partial charge in [0.25, 0.3) is 5.91 Å². The van der Waals surface area contributed by atoms with Gasteiger partial charge in [-0.05, 0) is 45.0 Å². The van der Waals surface area contributed by atoms with Crippen LogP contribution in [-0.2, 0) is 21.4 Å². The number of carbonyl (C=O) groups is 2. The second-order valence-electron chi connectivity index (χ2n) is 5.84. The van der Waals surface area contributed by atoms with Crippen LogP contribution in [0.2, 0.25) is 5.02 Å². The Kier molecular flexibility index (Phi) is 7.11. The smallest absolute Gasteiger partial charge is 0.307 e. The minimum Gasteiger partial charge on any atom is -0.453 e. The number of hydrogen-bond donors (Lipinski definition) is 1. The van der Waals surface area contributed by atoms with E-state index >= 15 is 0 Å². The summed E-state index contributed by atoms with van der Waals surface area (Å²) < 4.78 is 6.91. The van der Waals surface area contributed by atoms with Gasteiger partial charge in [-0.15, -0.1) is 11.8 Å². The van der Waals surface area contributed by atoms with Crippen LogP contribution in [0.3, 0.4) is 0 Å². The molecule has 2 rings (SSSR count). The Hall–Kier alpha value is -1.99. The molecule has 6 nitrogen and oxygen atoms in total. The number of halogens is 1. The Bertz CT molecular complexity index is 790. The number of nitrogens with zero attached hydrogens (tertiary/aromatic N) is 2. The highest BCUT2D eigenvalue weighted by molar-refractivity contribution is 7.99. The summed E-state index contributed by atoms with van der Waals surface area (Å²) in [6, 6.07) is 7.40. The number of aromatic nitrogens is 2. The third-order valence-electron chi connectivity index (χ3n) is 3.82. The molecule has 140 valence electrons. The molecule has 26 heavy (non-hydrogen) atoms. The summed E-state index contributed by atoms with van der Waals surface area (Å²) in [5, 5.41) is 7.69. The molecule has 0 saturated carbocycles. The van der Waals surface area contributed by atoms with Gasteiger partial charge in [-0.1, -0.05) is 11.6 Å². The van der Waals surface area contributed by atoms with E-state index in [1.165, 1.54) is 11.8 Å². The van der Waals surface area contributed by atoms with Crippen LogP contribution in [0.5, 0.6) is 0 Å². The van der Waals surface area contributed by atoms with Crippen LogP contribution in [0, 0.1) is 13.8 Å². The Balaban J connectivity index is 1.78. The SMILES string of the molecule is Cc1nn(C)c(C)c1NC(=O)[C@@H](C)OC(=O)CCSc1ccc(Cl)cc1. The van der Waals surface area contributed by atoms with E-state index in [0.29, 0.717) is 16.5 Å². The number of rotatable bonds is 7. The summed E-state index contributed by atoms with van der Waals surface area (Å²) in [6.45, 7) is 5.23. The Morgan fingerprint density at radius 3 is 2.54 bits per heavy atom. The van der Waals surface area contributed by atoms with E-state index in [1.807, 2.05) is 26.0 Å². The molecule has 0 radical (unpaired) electrons. The largest absolute Gasteiger partial charge is 0.453 e. The molecule has 1 aromatic heterocycles. The van der Waals surface area contributed by atoms with Crippen molar-refractivity contribution < 1.29 is 14.3 Å². The number of amides is 1. The van der Waals surface area contributed by atoms with Crippen molar-refractivity contribution in [2.24, 2.45) is 7.05 Å². The number of thioether (sulfide) groups is 1. The fourth-order valence-corrected chi connectivity index (χ4v) is 3.23. The Morgan fingerprint density at radius 2 is 1.96 bits per heavy atom. The average molecular weight is 396 g/mol. The normalized spacial score (nSPS) is 11.9. The summed E-state index contributed by atoms with van der Waals surface area (Å²) in [7, 11) is 1.81. The van der Waals surface area contributed by atoms with Crippen LogP contribution in [0.4, 0.5) is 5.69 Å². The predicted molar refractivity (Wildman–Crippen MR) is 104 cm³/mol. The van der Waals surface area contributed by atoms with Crippen LogP contribution >= 0.6 is 23.4 Å². The van der Waals surface area contributed by atoms with Crippen LogP contribution in [-0.4, -0.2) is 33.5 Å². The highest BCUT2D eigenvalue weighted by Crippen LogP contribution is 2.21. The first-order valence-corrected chi connectivity index (χ1v) is 9.53. The molecule has 0 spiro atoms. The fraction of sp³-hybridized carbons (Fsp3) is 0.389. The maximum Gasteiger partial charge on any atom is 0.307 e. The van der Waals surface area contributed by atoms with Crippen LogP contribution in [0.25, 0.3) is 0 Å². The van der Waals surface area contributed by atoms with Gasteiger partial charge in [0.15, 0.2) is 6.10 Å². The van der Waals surface area contributed by atoms with Crippen molar-refractivity contribution in [3.05, 3.63) is 40.7 Å². The molecule has 0 unspecified atom stereocenters. The predicted octanol–water partition coefficient (Wildman–Crippen LogP) is 3.74. The summed E-state index contributed by atoms with van der Waals surface area (Å²) >= 11 is 7.37. The van der Waals surface area contributed by atoms with E-state index in [4.69, 9.17) is 16.3 Å². The number of aryl methyl sites for hydroxylation is 2. The van der Waals surface area contributed by atoms with Gasteiger partial charge in [0.1, 0.15) is 0 Å². The van der Waals surface area contributed by atoms with E-state index in [2.05, 4.69) is 10.4 Å². The summed E-state index contributed by atoms with van der Waals surface area (Å²) in [5.74, 6) is -0.216. The Morgan fingerprint density at radius 1 is 1.31 bits per heavy atom. The van der Waals surface area contributed by atoms with Crippen molar-refractivity contribution in [3.8, 4) is 0 Å². The molecule has 0 aliphatic carbocycles. The maximum absolute atomic E-state index is 12.2. The average Bonchev–Trinajstić information content (AvgIpc) is 2.82. The molecule has 1 N–H and O–H groups in total. The summed E-state index contributed by atoms with van der Waals surface area (Å²) in [6.07, 6.45) is -0.655. The second kappa shape index (κ2) is 9.09. The molecule has 0 bridgehead atoms. The van der Waals surface area contributed by atoms with Gasteiger partial charge >= 0.3 is 5.97 Å². The van der Waals surface area contributed by atoms with Gasteiger partial charge in [0, 0.05) is 22.7 Å². The molecule has 1 heterocycles. The molecule has 0 aliphatic rings. The van der Waals surface area contributed by atoms with Gasteiger partial charge in [-0.25, -0.2) is 0 Å². The molecule has 0 saturated heterocycles. The molecule has 1 atom stereocenters. The number of esters is 1. The van der Waals surface area contributed by atoms with Crippen LogP contribution < -0.4 is 5.32 Å². The van der Waals surface area contributed by atoms with E-state index in [9.17, 15) is 9.59 Å². The van der Waals surface area contributed by atoms with Crippen molar-refractivity contribution in [1.29, 1.82) is 0 Å². The van der Waals surface area contributed by atoms with Crippen molar-refractivity contribution in [2.45, 2.75) is 38.2 Å². The number of carbonyl (C=O) groups excluding carboxylic acids is 2. The first-order chi connectivity index (χ1) is 12.3. The van der Waals surface area contributed by atoms with Crippen molar-refractivity contribution in [3.63, 3.8) is 0 Å². The van der Waals surface area contributed by atoms with Gasteiger partial charge < -0.3 is 10.1 Å². The maximum atomic E-state index is 12.2. The van der Waals surface area contributed by atoms with Gasteiger partial charge in [-0.3, -0.25) is 14.3 Å². The monoisotopic (exact) mass is 395 g/mol. The lowest BCUT2D eigenvalue weighted by molar-refractivity contribution is -0.152.